The van der Waals surface area contributed by atoms with Crippen molar-refractivity contribution in [2.45, 2.75) is 26.2 Å². The highest BCUT2D eigenvalue weighted by molar-refractivity contribution is 5.20. The van der Waals surface area contributed by atoms with Crippen LogP contribution in [-0.2, 0) is 0 Å². The van der Waals surface area contributed by atoms with Crippen molar-refractivity contribution in [2.75, 3.05) is 39.3 Å². The molecule has 0 aliphatic carbocycles. The van der Waals surface area contributed by atoms with Gasteiger partial charge in [-0.15, -0.1) is 0 Å². The van der Waals surface area contributed by atoms with Crippen LogP contribution in [0.4, 0.5) is 0 Å². The molecule has 0 spiro atoms. The Morgan fingerprint density at radius 3 is 2.65 bits per heavy atom. The van der Waals surface area contributed by atoms with Crippen molar-refractivity contribution in [3.63, 3.8) is 0 Å². The Morgan fingerprint density at radius 1 is 1.20 bits per heavy atom. The average Bonchev–Trinajstić information content (AvgIpc) is 2.52. The number of hydrogen-bond acceptors (Lipinski definition) is 3. The average molecular weight is 276 g/mol. The third kappa shape index (κ3) is 5.51. The lowest BCUT2D eigenvalue weighted by Gasteiger charge is -2.32. The molecule has 1 saturated heterocycles. The highest BCUT2D eigenvalue weighted by Crippen LogP contribution is 2.16. The Hall–Kier alpha value is -1.06. The molecule has 1 N–H and O–H groups in total. The summed E-state index contributed by atoms with van der Waals surface area (Å²) in [6.45, 7) is 8.96. The Morgan fingerprint density at radius 2 is 1.95 bits per heavy atom. The molecular formula is C17H28N2O. The van der Waals surface area contributed by atoms with Crippen LogP contribution in [0.25, 0.3) is 0 Å². The van der Waals surface area contributed by atoms with Gasteiger partial charge in [0.2, 0.25) is 0 Å². The lowest BCUT2D eigenvalue weighted by molar-refractivity contribution is 0.170. The fourth-order valence-electron chi connectivity index (χ4n) is 2.76. The van der Waals surface area contributed by atoms with Gasteiger partial charge in [0.25, 0.3) is 0 Å². The summed E-state index contributed by atoms with van der Waals surface area (Å²) in [4.78, 5) is 2.58. The van der Waals surface area contributed by atoms with Gasteiger partial charge in [0.1, 0.15) is 5.75 Å². The molecule has 1 heterocycles. The molecular weight excluding hydrogens is 248 g/mol. The quantitative estimate of drug-likeness (QED) is 0.739. The zero-order valence-corrected chi connectivity index (χ0v) is 12.7. The van der Waals surface area contributed by atoms with Crippen molar-refractivity contribution in [2.24, 2.45) is 5.92 Å². The second-order valence-electron chi connectivity index (χ2n) is 5.61. The van der Waals surface area contributed by atoms with Gasteiger partial charge in [0.15, 0.2) is 0 Å². The Balaban J connectivity index is 1.53. The van der Waals surface area contributed by atoms with Crippen molar-refractivity contribution < 1.29 is 4.74 Å². The molecule has 0 unspecified atom stereocenters. The largest absolute Gasteiger partial charge is 0.494 e. The van der Waals surface area contributed by atoms with E-state index in [1.54, 1.807) is 0 Å². The number of rotatable bonds is 8. The van der Waals surface area contributed by atoms with E-state index >= 15 is 0 Å². The first-order chi connectivity index (χ1) is 9.88. The second kappa shape index (κ2) is 8.98. The Bertz CT molecular complexity index is 347. The summed E-state index contributed by atoms with van der Waals surface area (Å²) in [6, 6.07) is 10.1. The minimum Gasteiger partial charge on any atom is -0.494 e. The molecule has 0 amide bonds. The lowest BCUT2D eigenvalue weighted by Crippen LogP contribution is -2.38. The fraction of sp³-hybridized carbons (Fsp3) is 0.647. The molecule has 0 atom stereocenters. The van der Waals surface area contributed by atoms with Crippen LogP contribution in [0.5, 0.6) is 5.75 Å². The molecule has 0 saturated carbocycles. The van der Waals surface area contributed by atoms with E-state index in [4.69, 9.17) is 4.74 Å². The van der Waals surface area contributed by atoms with Crippen LogP contribution in [0.3, 0.4) is 0 Å². The molecule has 1 fully saturated rings. The van der Waals surface area contributed by atoms with Crippen LogP contribution in [0.1, 0.15) is 26.2 Å². The number of benzene rings is 1. The Labute approximate surface area is 123 Å². The number of para-hydroxylation sites is 1. The maximum atomic E-state index is 5.73. The maximum Gasteiger partial charge on any atom is 0.119 e. The van der Waals surface area contributed by atoms with E-state index in [1.165, 1.54) is 39.0 Å². The van der Waals surface area contributed by atoms with E-state index in [1.807, 2.05) is 30.3 Å². The lowest BCUT2D eigenvalue weighted by atomic mass is 9.97. The van der Waals surface area contributed by atoms with Gasteiger partial charge in [-0.25, -0.2) is 0 Å². The standard InChI is InChI=1S/C17H28N2O/c1-2-18-15-16-9-12-19(13-10-16)11-6-14-20-17-7-4-3-5-8-17/h3-5,7-8,16,18H,2,6,9-15H2,1H3. The summed E-state index contributed by atoms with van der Waals surface area (Å²) >= 11 is 0. The van der Waals surface area contributed by atoms with E-state index in [0.717, 1.165) is 31.2 Å². The SMILES string of the molecule is CCNCC1CCN(CCCOc2ccccc2)CC1. The van der Waals surface area contributed by atoms with Gasteiger partial charge < -0.3 is 15.0 Å². The molecule has 3 heteroatoms. The zero-order chi connectivity index (χ0) is 14.0. The van der Waals surface area contributed by atoms with Crippen molar-refractivity contribution in [3.8, 4) is 5.75 Å². The summed E-state index contributed by atoms with van der Waals surface area (Å²) in [7, 11) is 0. The molecule has 0 aromatic heterocycles. The number of likely N-dealkylation sites (tertiary alicyclic amines) is 1. The molecule has 1 aliphatic rings. The molecule has 1 aromatic carbocycles. The van der Waals surface area contributed by atoms with Crippen LogP contribution >= 0.6 is 0 Å². The highest BCUT2D eigenvalue weighted by Gasteiger charge is 2.18. The van der Waals surface area contributed by atoms with E-state index < -0.39 is 0 Å². The van der Waals surface area contributed by atoms with E-state index in [9.17, 15) is 0 Å². The summed E-state index contributed by atoms with van der Waals surface area (Å²) in [6.07, 6.45) is 3.80. The number of piperidine rings is 1. The van der Waals surface area contributed by atoms with Crippen molar-refractivity contribution in [3.05, 3.63) is 30.3 Å². The maximum absolute atomic E-state index is 5.73. The van der Waals surface area contributed by atoms with E-state index in [0.29, 0.717) is 0 Å². The van der Waals surface area contributed by atoms with Gasteiger partial charge in [-0.2, -0.15) is 0 Å². The summed E-state index contributed by atoms with van der Waals surface area (Å²) in [5, 5.41) is 3.46. The minimum absolute atomic E-state index is 0.821. The first kappa shape index (κ1) is 15.3. The van der Waals surface area contributed by atoms with E-state index in [-0.39, 0.29) is 0 Å². The van der Waals surface area contributed by atoms with Crippen LogP contribution in [0.2, 0.25) is 0 Å². The van der Waals surface area contributed by atoms with Crippen molar-refractivity contribution in [1.29, 1.82) is 0 Å². The van der Waals surface area contributed by atoms with Gasteiger partial charge in [-0.05, 0) is 63.5 Å². The van der Waals surface area contributed by atoms with Gasteiger partial charge >= 0.3 is 0 Å². The third-order valence-corrected chi connectivity index (χ3v) is 4.02. The first-order valence-corrected chi connectivity index (χ1v) is 7.99. The molecule has 0 bridgehead atoms. The van der Waals surface area contributed by atoms with Gasteiger partial charge in [0, 0.05) is 6.54 Å². The Kier molecular flexibility index (Phi) is 6.89. The smallest absolute Gasteiger partial charge is 0.119 e. The molecule has 3 nitrogen and oxygen atoms in total. The molecule has 112 valence electrons. The topological polar surface area (TPSA) is 24.5 Å². The summed E-state index contributed by atoms with van der Waals surface area (Å²) < 4.78 is 5.73. The fourth-order valence-corrected chi connectivity index (χ4v) is 2.76. The van der Waals surface area contributed by atoms with Crippen LogP contribution in [0.15, 0.2) is 30.3 Å². The molecule has 1 aromatic rings. The van der Waals surface area contributed by atoms with Crippen molar-refractivity contribution in [1.82, 2.24) is 10.2 Å². The third-order valence-electron chi connectivity index (χ3n) is 4.02. The van der Waals surface area contributed by atoms with Crippen molar-refractivity contribution >= 4 is 0 Å². The van der Waals surface area contributed by atoms with Crippen LogP contribution < -0.4 is 10.1 Å². The number of nitrogens with one attached hydrogen (secondary N) is 1. The monoisotopic (exact) mass is 276 g/mol. The number of nitrogens with zero attached hydrogens (tertiary/aromatic N) is 1. The highest BCUT2D eigenvalue weighted by atomic mass is 16.5. The second-order valence-corrected chi connectivity index (χ2v) is 5.61. The van der Waals surface area contributed by atoms with Gasteiger partial charge in [-0.1, -0.05) is 25.1 Å². The number of ether oxygens (including phenoxy) is 1. The van der Waals surface area contributed by atoms with Crippen LogP contribution in [-0.4, -0.2) is 44.2 Å². The molecule has 20 heavy (non-hydrogen) atoms. The summed E-state index contributed by atoms with van der Waals surface area (Å²) in [5.41, 5.74) is 0. The van der Waals surface area contributed by atoms with Gasteiger partial charge in [-0.3, -0.25) is 0 Å². The van der Waals surface area contributed by atoms with Gasteiger partial charge in [0.05, 0.1) is 6.61 Å². The number of hydrogen-bond donors (Lipinski definition) is 1. The van der Waals surface area contributed by atoms with Crippen LogP contribution in [0, 0.1) is 5.92 Å². The van der Waals surface area contributed by atoms with E-state index in [2.05, 4.69) is 17.1 Å². The molecule has 1 aliphatic heterocycles. The molecule has 2 rings (SSSR count). The normalized spacial score (nSPS) is 17.2. The minimum atomic E-state index is 0.821. The molecule has 0 radical (unpaired) electrons. The predicted molar refractivity (Wildman–Crippen MR) is 84.3 cm³/mol. The predicted octanol–water partition coefficient (Wildman–Crippen LogP) is 2.78. The zero-order valence-electron chi connectivity index (χ0n) is 12.7. The first-order valence-electron chi connectivity index (χ1n) is 7.99. The summed E-state index contributed by atoms with van der Waals surface area (Å²) in [5.74, 6) is 1.86.